The van der Waals surface area contributed by atoms with Gasteiger partial charge in [-0.15, -0.1) is 21.5 Å². The molecule has 0 unspecified atom stereocenters. The number of carbonyl (C=O) groups is 1. The molecule has 1 fully saturated rings. The summed E-state index contributed by atoms with van der Waals surface area (Å²) in [5, 5.41) is 14.0. The topological polar surface area (TPSA) is 91.2 Å². The van der Waals surface area contributed by atoms with Gasteiger partial charge < -0.3 is 14.0 Å². The average Bonchev–Trinajstić information content (AvgIpc) is 3.22. The Kier molecular flexibility index (Phi) is 6.14. The number of thiazole rings is 1. The number of rotatable bonds is 9. The lowest BCUT2D eigenvalue weighted by atomic mass is 10.1. The van der Waals surface area contributed by atoms with E-state index in [1.165, 1.54) is 24.2 Å². The number of anilines is 1. The molecular weight excluding hydrogens is 474 g/mol. The van der Waals surface area contributed by atoms with E-state index in [0.29, 0.717) is 34.6 Å². The molecule has 2 aliphatic rings. The van der Waals surface area contributed by atoms with Gasteiger partial charge in [0, 0.05) is 35.5 Å². The van der Waals surface area contributed by atoms with E-state index in [-0.39, 0.29) is 5.91 Å². The molecule has 36 heavy (non-hydrogen) atoms. The third-order valence-electron chi connectivity index (χ3n) is 6.43. The zero-order chi connectivity index (χ0) is 24.5. The number of hydrogen-bond acceptors (Lipinski definition) is 7. The van der Waals surface area contributed by atoms with Crippen LogP contribution in [0.2, 0.25) is 0 Å². The summed E-state index contributed by atoms with van der Waals surface area (Å²) in [7, 11) is 0. The maximum absolute atomic E-state index is 13.0. The van der Waals surface area contributed by atoms with Gasteiger partial charge in [-0.05, 0) is 62.1 Å². The number of carbonyl (C=O) groups excluding carboxylic acids is 1. The Bertz CT molecular complexity index is 1390. The van der Waals surface area contributed by atoms with Crippen LogP contribution in [-0.4, -0.2) is 32.3 Å². The highest BCUT2D eigenvalue weighted by molar-refractivity contribution is 7.13. The Labute approximate surface area is 213 Å². The van der Waals surface area contributed by atoms with Gasteiger partial charge in [0.15, 0.2) is 11.0 Å². The fourth-order valence-corrected chi connectivity index (χ4v) is 5.03. The molecule has 1 amide bonds. The van der Waals surface area contributed by atoms with E-state index < -0.39 is 0 Å². The Morgan fingerprint density at radius 3 is 2.72 bits per heavy atom. The summed E-state index contributed by atoms with van der Waals surface area (Å²) in [6.45, 7) is 3.47. The minimum Gasteiger partial charge on any atom is -0.493 e. The van der Waals surface area contributed by atoms with E-state index in [1.54, 1.807) is 12.1 Å². The molecule has 0 spiro atoms. The quantitative estimate of drug-likeness (QED) is 0.308. The Hall–Kier alpha value is -3.72. The summed E-state index contributed by atoms with van der Waals surface area (Å²) >= 11 is 1.40. The van der Waals surface area contributed by atoms with E-state index >= 15 is 0 Å². The fraction of sp³-hybridized carbons (Fsp3) is 0.333. The zero-order valence-corrected chi connectivity index (χ0v) is 20.9. The lowest BCUT2D eigenvalue weighted by molar-refractivity contribution is 0.102. The summed E-state index contributed by atoms with van der Waals surface area (Å²) in [4.78, 5) is 17.3. The van der Waals surface area contributed by atoms with E-state index in [1.807, 2.05) is 42.6 Å². The van der Waals surface area contributed by atoms with E-state index in [4.69, 9.17) is 9.47 Å². The normalized spacial score (nSPS) is 14.5. The zero-order valence-electron chi connectivity index (χ0n) is 20.1. The van der Waals surface area contributed by atoms with Crippen molar-refractivity contribution < 1.29 is 14.3 Å². The van der Waals surface area contributed by atoms with Gasteiger partial charge in [-0.3, -0.25) is 10.1 Å². The first-order chi connectivity index (χ1) is 17.6. The molecule has 6 rings (SSSR count). The first kappa shape index (κ1) is 22.7. The van der Waals surface area contributed by atoms with Gasteiger partial charge in [0.2, 0.25) is 0 Å². The highest BCUT2D eigenvalue weighted by Crippen LogP contribution is 2.34. The molecule has 0 radical (unpaired) electrons. The smallest absolute Gasteiger partial charge is 0.257 e. The van der Waals surface area contributed by atoms with Crippen LogP contribution < -0.4 is 14.8 Å². The van der Waals surface area contributed by atoms with Crippen LogP contribution in [0.5, 0.6) is 17.2 Å². The first-order valence-electron chi connectivity index (χ1n) is 12.3. The standard InChI is InChI=1S/C27H27N5O3S/c1-17-16-36-27(28-17)29-26(33)20-13-22(34-12-10-18-4-5-18)15-23(14-20)35-21-8-6-19(7-9-21)25-31-30-24-3-2-11-32(24)25/h6-9,13-16,18H,2-5,10-12H2,1H3,(H,28,29,33). The molecular formula is C27H27N5O3S. The monoisotopic (exact) mass is 501 g/mol. The molecule has 1 saturated carbocycles. The number of fused-ring (bicyclic) bond motifs is 1. The molecule has 8 nitrogen and oxygen atoms in total. The molecule has 0 saturated heterocycles. The number of ether oxygens (including phenoxy) is 2. The number of amides is 1. The second-order valence-electron chi connectivity index (χ2n) is 9.34. The molecule has 1 N–H and O–H groups in total. The van der Waals surface area contributed by atoms with Crippen molar-refractivity contribution in [3.8, 4) is 28.6 Å². The summed E-state index contributed by atoms with van der Waals surface area (Å²) in [5.74, 6) is 4.26. The minimum absolute atomic E-state index is 0.252. The van der Waals surface area contributed by atoms with Gasteiger partial charge in [-0.1, -0.05) is 12.8 Å². The predicted octanol–water partition coefficient (Wildman–Crippen LogP) is 5.88. The minimum atomic E-state index is -0.252. The van der Waals surface area contributed by atoms with Gasteiger partial charge in [0.05, 0.1) is 12.3 Å². The number of hydrogen-bond donors (Lipinski definition) is 1. The summed E-state index contributed by atoms with van der Waals surface area (Å²) < 4.78 is 14.3. The van der Waals surface area contributed by atoms with Gasteiger partial charge in [-0.2, -0.15) is 0 Å². The fourth-order valence-electron chi connectivity index (χ4n) is 4.35. The van der Waals surface area contributed by atoms with E-state index in [2.05, 4.69) is 25.1 Å². The SMILES string of the molecule is Cc1csc(NC(=O)c2cc(OCCC3CC3)cc(Oc3ccc(-c4nnc5n4CCC5)cc3)c2)n1. The third kappa shape index (κ3) is 5.11. The molecule has 0 atom stereocenters. The first-order valence-corrected chi connectivity index (χ1v) is 13.2. The van der Waals surface area contributed by atoms with Crippen molar-refractivity contribution in [2.24, 2.45) is 5.92 Å². The van der Waals surface area contributed by atoms with E-state index in [9.17, 15) is 4.79 Å². The van der Waals surface area contributed by atoms with Crippen LogP contribution in [-0.2, 0) is 13.0 Å². The lowest BCUT2D eigenvalue weighted by Crippen LogP contribution is -2.12. The highest BCUT2D eigenvalue weighted by Gasteiger charge is 2.21. The second-order valence-corrected chi connectivity index (χ2v) is 10.2. The molecule has 9 heteroatoms. The number of aryl methyl sites for hydroxylation is 2. The van der Waals surface area contributed by atoms with Crippen molar-refractivity contribution in [1.29, 1.82) is 0 Å². The Balaban J connectivity index is 1.21. The van der Waals surface area contributed by atoms with Gasteiger partial charge >= 0.3 is 0 Å². The molecule has 1 aliphatic carbocycles. The molecule has 4 aromatic rings. The van der Waals surface area contributed by atoms with Crippen LogP contribution >= 0.6 is 11.3 Å². The van der Waals surface area contributed by atoms with Crippen LogP contribution in [0.25, 0.3) is 11.4 Å². The number of aromatic nitrogens is 4. The average molecular weight is 502 g/mol. The maximum atomic E-state index is 13.0. The van der Waals surface area contributed by atoms with Crippen molar-refractivity contribution >= 4 is 22.4 Å². The van der Waals surface area contributed by atoms with Crippen LogP contribution in [0.3, 0.4) is 0 Å². The molecule has 1 aliphatic heterocycles. The number of nitrogens with zero attached hydrogens (tertiary/aromatic N) is 4. The molecule has 184 valence electrons. The van der Waals surface area contributed by atoms with Gasteiger partial charge in [0.1, 0.15) is 23.1 Å². The van der Waals surface area contributed by atoms with Gasteiger partial charge in [0.25, 0.3) is 5.91 Å². The highest BCUT2D eigenvalue weighted by atomic mass is 32.1. The Morgan fingerprint density at radius 2 is 1.94 bits per heavy atom. The molecule has 2 aromatic carbocycles. The van der Waals surface area contributed by atoms with Gasteiger partial charge in [-0.25, -0.2) is 4.98 Å². The second kappa shape index (κ2) is 9.73. The maximum Gasteiger partial charge on any atom is 0.257 e. The third-order valence-corrected chi connectivity index (χ3v) is 7.31. The molecule has 2 aromatic heterocycles. The summed E-state index contributed by atoms with van der Waals surface area (Å²) in [5.41, 5.74) is 2.33. The van der Waals surface area contributed by atoms with E-state index in [0.717, 1.165) is 54.6 Å². The van der Waals surface area contributed by atoms with Crippen LogP contribution in [0.4, 0.5) is 5.13 Å². The van der Waals surface area contributed by atoms with Crippen molar-refractivity contribution in [1.82, 2.24) is 19.7 Å². The van der Waals surface area contributed by atoms with Crippen LogP contribution in [0.1, 0.15) is 47.6 Å². The van der Waals surface area contributed by atoms with Crippen LogP contribution in [0, 0.1) is 12.8 Å². The molecule has 3 heterocycles. The lowest BCUT2D eigenvalue weighted by Gasteiger charge is -2.12. The number of nitrogens with one attached hydrogen (secondary N) is 1. The summed E-state index contributed by atoms with van der Waals surface area (Å²) in [6.07, 6.45) is 5.67. The molecule has 0 bridgehead atoms. The van der Waals surface area contributed by atoms with Crippen molar-refractivity contribution in [2.45, 2.75) is 45.6 Å². The van der Waals surface area contributed by atoms with Crippen molar-refractivity contribution in [2.75, 3.05) is 11.9 Å². The van der Waals surface area contributed by atoms with Crippen molar-refractivity contribution in [3.05, 3.63) is 64.9 Å². The predicted molar refractivity (Wildman–Crippen MR) is 138 cm³/mol. The Morgan fingerprint density at radius 1 is 1.11 bits per heavy atom. The largest absolute Gasteiger partial charge is 0.493 e. The van der Waals surface area contributed by atoms with Crippen molar-refractivity contribution in [3.63, 3.8) is 0 Å². The van der Waals surface area contributed by atoms with Crippen LogP contribution in [0.15, 0.2) is 47.8 Å². The summed E-state index contributed by atoms with van der Waals surface area (Å²) in [6, 6.07) is 13.1. The number of benzene rings is 2.